The molecular weight excluding hydrogens is 284 g/mol. The number of carbonyl (C=O) groups is 1. The minimum Gasteiger partial charge on any atom is -0.384 e. The van der Waals surface area contributed by atoms with Gasteiger partial charge in [-0.1, -0.05) is 19.8 Å². The zero-order chi connectivity index (χ0) is 14.9. The van der Waals surface area contributed by atoms with Gasteiger partial charge in [0.2, 0.25) is 5.91 Å². The van der Waals surface area contributed by atoms with Crippen molar-refractivity contribution < 1.29 is 9.53 Å². The normalized spacial score (nSPS) is 25.9. The fourth-order valence-corrected chi connectivity index (χ4v) is 4.36. The Labute approximate surface area is 130 Å². The highest BCUT2D eigenvalue weighted by Gasteiger charge is 2.52. The summed E-state index contributed by atoms with van der Waals surface area (Å²) in [4.78, 5) is 15.0. The molecule has 1 saturated carbocycles. The summed E-state index contributed by atoms with van der Waals surface area (Å²) in [5.41, 5.74) is 0.904. The fourth-order valence-electron chi connectivity index (χ4n) is 3.69. The van der Waals surface area contributed by atoms with Gasteiger partial charge in [0.15, 0.2) is 0 Å². The van der Waals surface area contributed by atoms with Crippen LogP contribution in [0.2, 0.25) is 0 Å². The molecule has 0 radical (unpaired) electrons. The Hall–Kier alpha value is -0.910. The highest BCUT2D eigenvalue weighted by molar-refractivity contribution is 7.07. The Morgan fingerprint density at radius 3 is 2.90 bits per heavy atom. The summed E-state index contributed by atoms with van der Waals surface area (Å²) < 4.78 is 5.24. The summed E-state index contributed by atoms with van der Waals surface area (Å²) in [5, 5.41) is 7.89. The molecule has 5 heteroatoms. The van der Waals surface area contributed by atoms with Gasteiger partial charge < -0.3 is 9.64 Å². The van der Waals surface area contributed by atoms with Crippen LogP contribution in [0.4, 0.5) is 0 Å². The minimum absolute atomic E-state index is 0.0288. The van der Waals surface area contributed by atoms with Crippen molar-refractivity contribution in [2.75, 3.05) is 20.3 Å². The van der Waals surface area contributed by atoms with Gasteiger partial charge in [0.1, 0.15) is 6.17 Å². The summed E-state index contributed by atoms with van der Waals surface area (Å²) >= 11 is 1.69. The maximum Gasteiger partial charge on any atom is 0.244 e. The van der Waals surface area contributed by atoms with Gasteiger partial charge in [-0.15, -0.1) is 0 Å². The predicted octanol–water partition coefficient (Wildman–Crippen LogP) is 2.77. The zero-order valence-corrected chi connectivity index (χ0v) is 13.6. The molecule has 1 aromatic heterocycles. The van der Waals surface area contributed by atoms with E-state index in [2.05, 4.69) is 29.1 Å². The number of methoxy groups -OCH3 is 1. The van der Waals surface area contributed by atoms with Crippen molar-refractivity contribution in [2.45, 2.75) is 44.3 Å². The molecule has 116 valence electrons. The SMILES string of the molecule is COCC(C)CN1C(=O)C2(CCCC2)NC1c1ccsc1. The highest BCUT2D eigenvalue weighted by Crippen LogP contribution is 2.41. The number of nitrogens with one attached hydrogen (secondary N) is 1. The number of rotatable bonds is 5. The number of ether oxygens (including phenoxy) is 1. The van der Waals surface area contributed by atoms with E-state index in [1.807, 2.05) is 4.90 Å². The van der Waals surface area contributed by atoms with Crippen LogP contribution in [0.1, 0.15) is 44.3 Å². The Balaban J connectivity index is 1.83. The van der Waals surface area contributed by atoms with Crippen LogP contribution in [-0.4, -0.2) is 36.6 Å². The van der Waals surface area contributed by atoms with Gasteiger partial charge in [0, 0.05) is 13.7 Å². The molecule has 0 aromatic carbocycles. The Bertz CT molecular complexity index is 482. The average molecular weight is 308 g/mol. The predicted molar refractivity (Wildman–Crippen MR) is 84.1 cm³/mol. The monoisotopic (exact) mass is 308 g/mol. The van der Waals surface area contributed by atoms with Gasteiger partial charge in [-0.3, -0.25) is 10.1 Å². The molecule has 2 aliphatic rings. The Morgan fingerprint density at radius 1 is 1.52 bits per heavy atom. The van der Waals surface area contributed by atoms with Gasteiger partial charge in [0.05, 0.1) is 12.1 Å². The van der Waals surface area contributed by atoms with E-state index in [-0.39, 0.29) is 11.7 Å². The summed E-state index contributed by atoms with van der Waals surface area (Å²) in [5.74, 6) is 0.637. The van der Waals surface area contributed by atoms with Crippen LogP contribution < -0.4 is 5.32 Å². The first-order valence-electron chi connectivity index (χ1n) is 7.76. The Kier molecular flexibility index (Phi) is 4.33. The second-order valence-corrected chi connectivity index (χ2v) is 7.19. The number of amides is 1. The smallest absolute Gasteiger partial charge is 0.244 e. The molecule has 1 N–H and O–H groups in total. The molecule has 3 rings (SSSR count). The van der Waals surface area contributed by atoms with Crippen LogP contribution in [0.5, 0.6) is 0 Å². The molecule has 1 aliphatic heterocycles. The molecule has 1 amide bonds. The number of thiophene rings is 1. The molecule has 2 atom stereocenters. The second kappa shape index (κ2) is 6.07. The molecule has 1 aliphatic carbocycles. The second-order valence-electron chi connectivity index (χ2n) is 6.41. The van der Waals surface area contributed by atoms with Crippen molar-refractivity contribution in [3.8, 4) is 0 Å². The third kappa shape index (κ3) is 2.74. The van der Waals surface area contributed by atoms with Crippen molar-refractivity contribution in [1.29, 1.82) is 0 Å². The van der Waals surface area contributed by atoms with Crippen LogP contribution >= 0.6 is 11.3 Å². The molecule has 1 saturated heterocycles. The molecule has 1 aromatic rings. The van der Waals surface area contributed by atoms with Gasteiger partial charge in [0.25, 0.3) is 0 Å². The molecular formula is C16H24N2O2S. The van der Waals surface area contributed by atoms with Crippen molar-refractivity contribution in [3.05, 3.63) is 22.4 Å². The summed E-state index contributed by atoms with van der Waals surface area (Å²) in [6.07, 6.45) is 4.28. The van der Waals surface area contributed by atoms with Crippen LogP contribution in [-0.2, 0) is 9.53 Å². The molecule has 2 fully saturated rings. The highest BCUT2D eigenvalue weighted by atomic mass is 32.1. The largest absolute Gasteiger partial charge is 0.384 e. The van der Waals surface area contributed by atoms with Crippen molar-refractivity contribution in [3.63, 3.8) is 0 Å². The lowest BCUT2D eigenvalue weighted by Gasteiger charge is -2.26. The number of hydrogen-bond acceptors (Lipinski definition) is 4. The molecule has 0 bridgehead atoms. The van der Waals surface area contributed by atoms with Gasteiger partial charge in [-0.2, -0.15) is 11.3 Å². The van der Waals surface area contributed by atoms with E-state index in [0.29, 0.717) is 18.4 Å². The molecule has 1 spiro atoms. The lowest BCUT2D eigenvalue weighted by atomic mass is 9.98. The van der Waals surface area contributed by atoms with E-state index in [1.54, 1.807) is 18.4 Å². The first-order valence-corrected chi connectivity index (χ1v) is 8.70. The quantitative estimate of drug-likeness (QED) is 0.909. The topological polar surface area (TPSA) is 41.6 Å². The fraction of sp³-hybridized carbons (Fsp3) is 0.688. The van der Waals surface area contributed by atoms with E-state index in [4.69, 9.17) is 4.74 Å². The molecule has 21 heavy (non-hydrogen) atoms. The van der Waals surface area contributed by atoms with Crippen molar-refractivity contribution in [1.82, 2.24) is 10.2 Å². The summed E-state index contributed by atoms with van der Waals surface area (Å²) in [7, 11) is 1.72. The average Bonchev–Trinajstić information content (AvgIpc) is 3.17. The zero-order valence-electron chi connectivity index (χ0n) is 12.8. The Morgan fingerprint density at radius 2 is 2.29 bits per heavy atom. The number of nitrogens with zero attached hydrogens (tertiary/aromatic N) is 1. The molecule has 2 unspecified atom stereocenters. The lowest BCUT2D eigenvalue weighted by molar-refractivity contribution is -0.134. The third-order valence-electron chi connectivity index (χ3n) is 4.67. The summed E-state index contributed by atoms with van der Waals surface area (Å²) in [6.45, 7) is 3.58. The standard InChI is InChI=1S/C16H24N2O2S/c1-12(10-20-2)9-18-14(13-5-8-21-11-13)17-16(15(18)19)6-3-4-7-16/h5,8,11-12,14,17H,3-4,6-7,9-10H2,1-2H3. The van der Waals surface area contributed by atoms with Gasteiger partial charge in [-0.05, 0) is 41.1 Å². The lowest BCUT2D eigenvalue weighted by Crippen LogP contribution is -2.44. The van der Waals surface area contributed by atoms with E-state index in [1.165, 1.54) is 5.56 Å². The number of hydrogen-bond donors (Lipinski definition) is 1. The number of carbonyl (C=O) groups excluding carboxylic acids is 1. The van der Waals surface area contributed by atoms with Crippen LogP contribution in [0.3, 0.4) is 0 Å². The van der Waals surface area contributed by atoms with E-state index in [9.17, 15) is 4.79 Å². The third-order valence-corrected chi connectivity index (χ3v) is 5.37. The van der Waals surface area contributed by atoms with Crippen LogP contribution in [0, 0.1) is 5.92 Å². The first kappa shape index (κ1) is 15.0. The maximum atomic E-state index is 13.0. The first-order chi connectivity index (χ1) is 10.2. The van der Waals surface area contributed by atoms with E-state index in [0.717, 1.165) is 32.2 Å². The van der Waals surface area contributed by atoms with Gasteiger partial charge in [-0.25, -0.2) is 0 Å². The minimum atomic E-state index is -0.306. The van der Waals surface area contributed by atoms with E-state index < -0.39 is 0 Å². The molecule has 2 heterocycles. The molecule has 4 nitrogen and oxygen atoms in total. The van der Waals surface area contributed by atoms with Gasteiger partial charge >= 0.3 is 0 Å². The van der Waals surface area contributed by atoms with Crippen molar-refractivity contribution in [2.24, 2.45) is 5.92 Å². The van der Waals surface area contributed by atoms with Crippen LogP contribution in [0.15, 0.2) is 16.8 Å². The summed E-state index contributed by atoms with van der Waals surface area (Å²) in [6, 6.07) is 2.12. The maximum absolute atomic E-state index is 13.0. The van der Waals surface area contributed by atoms with E-state index >= 15 is 0 Å². The van der Waals surface area contributed by atoms with Crippen LogP contribution in [0.25, 0.3) is 0 Å². The van der Waals surface area contributed by atoms with Crippen molar-refractivity contribution >= 4 is 17.2 Å².